The number of rotatable bonds is 14. The summed E-state index contributed by atoms with van der Waals surface area (Å²) in [6.07, 6.45) is 0.837. The molecule has 2 amide bonds. The molecule has 1 aliphatic heterocycles. The summed E-state index contributed by atoms with van der Waals surface area (Å²) in [5.41, 5.74) is 4.53. The number of carbonyl (C=O) groups excluding carboxylic acids is 2. The first-order valence-electron chi connectivity index (χ1n) is 20.6. The fraction of sp³-hybridized carbons (Fsp3) is 0.280. The maximum atomic E-state index is 15.3. The van der Waals surface area contributed by atoms with Gasteiger partial charge in [0, 0.05) is 31.4 Å². The fourth-order valence-corrected chi connectivity index (χ4v) is 11.0. The molecule has 0 aliphatic carbocycles. The maximum Gasteiger partial charge on any atom is 0.412 e. The van der Waals surface area contributed by atoms with Crippen LogP contribution in [-0.2, 0) is 25.7 Å². The zero-order valence-corrected chi connectivity index (χ0v) is 36.1. The number of carbonyl (C=O) groups is 2. The molecule has 60 heavy (non-hydrogen) atoms. The number of fused-ring (bicyclic) bond motifs is 1. The molecule has 0 bridgehead atoms. The monoisotopic (exact) mass is 839 g/mol. The molecule has 7 rings (SSSR count). The predicted molar refractivity (Wildman–Crippen MR) is 245 cm³/mol. The Balaban J connectivity index is 1.26. The molecule has 0 saturated carbocycles. The fourth-order valence-electron chi connectivity index (χ4n) is 8.13. The van der Waals surface area contributed by atoms with E-state index >= 15 is 4.79 Å². The van der Waals surface area contributed by atoms with Gasteiger partial charge in [0.15, 0.2) is 9.84 Å². The van der Waals surface area contributed by atoms with E-state index in [1.807, 2.05) is 86.0 Å². The van der Waals surface area contributed by atoms with E-state index in [9.17, 15) is 13.2 Å². The summed E-state index contributed by atoms with van der Waals surface area (Å²) in [6, 6.07) is 49.5. The van der Waals surface area contributed by atoms with Gasteiger partial charge in [0.25, 0.3) is 5.91 Å². The van der Waals surface area contributed by atoms with E-state index < -0.39 is 26.3 Å². The van der Waals surface area contributed by atoms with Gasteiger partial charge in [-0.25, -0.2) is 13.2 Å². The lowest BCUT2D eigenvalue weighted by atomic mass is 9.84. The summed E-state index contributed by atoms with van der Waals surface area (Å²) >= 11 is 1.86. The van der Waals surface area contributed by atoms with Crippen LogP contribution in [0, 0.1) is 0 Å². The third-order valence-electron chi connectivity index (χ3n) is 10.9. The van der Waals surface area contributed by atoms with Crippen LogP contribution in [0.25, 0.3) is 10.8 Å². The van der Waals surface area contributed by atoms with Gasteiger partial charge in [-0.05, 0) is 97.0 Å². The van der Waals surface area contributed by atoms with Crippen LogP contribution in [0.5, 0.6) is 0 Å². The van der Waals surface area contributed by atoms with E-state index in [-0.39, 0.29) is 29.0 Å². The van der Waals surface area contributed by atoms with E-state index in [1.165, 1.54) is 16.7 Å². The average Bonchev–Trinajstić information content (AvgIpc) is 3.26. The molecule has 0 unspecified atom stereocenters. The van der Waals surface area contributed by atoms with Crippen molar-refractivity contribution in [2.75, 3.05) is 36.5 Å². The minimum Gasteiger partial charge on any atom is -0.444 e. The molecule has 1 fully saturated rings. The smallest absolute Gasteiger partial charge is 0.412 e. The van der Waals surface area contributed by atoms with Crippen molar-refractivity contribution >= 4 is 50.1 Å². The molecular formula is C50H53N3O5S2. The number of sulfone groups is 1. The van der Waals surface area contributed by atoms with Crippen LogP contribution < -0.4 is 10.6 Å². The van der Waals surface area contributed by atoms with Crippen molar-refractivity contribution in [3.63, 3.8) is 0 Å². The SMILES string of the molecule is CC(C)(C)OC(=O)Nc1cc2ccccc2c(C(=O)N2CCNC[C@@H]2CCS(=O)(=O)c2ccccc2)c1CCCSC(c1ccccc1)(c1ccccc1)c1ccccc1. The van der Waals surface area contributed by atoms with Gasteiger partial charge < -0.3 is 15.0 Å². The second kappa shape index (κ2) is 18.9. The highest BCUT2D eigenvalue weighted by molar-refractivity contribution is 8.00. The van der Waals surface area contributed by atoms with E-state index in [2.05, 4.69) is 83.4 Å². The molecule has 1 saturated heterocycles. The Bertz CT molecular complexity index is 2400. The van der Waals surface area contributed by atoms with Gasteiger partial charge in [-0.2, -0.15) is 0 Å². The number of hydrogen-bond acceptors (Lipinski definition) is 7. The van der Waals surface area contributed by atoms with Crippen LogP contribution in [0.15, 0.2) is 157 Å². The number of nitrogens with one attached hydrogen (secondary N) is 2. The van der Waals surface area contributed by atoms with E-state index in [0.29, 0.717) is 43.7 Å². The van der Waals surface area contributed by atoms with Crippen LogP contribution in [0.3, 0.4) is 0 Å². The van der Waals surface area contributed by atoms with Crippen LogP contribution in [-0.4, -0.2) is 68.1 Å². The minimum absolute atomic E-state index is 0.0931. The summed E-state index contributed by atoms with van der Waals surface area (Å²) in [6.45, 7) is 6.92. The molecule has 310 valence electrons. The number of nitrogens with zero attached hydrogens (tertiary/aromatic N) is 1. The minimum atomic E-state index is -3.57. The molecule has 0 radical (unpaired) electrons. The third-order valence-corrected chi connectivity index (χ3v) is 14.3. The number of benzene rings is 6. The Morgan fingerprint density at radius 2 is 1.33 bits per heavy atom. The van der Waals surface area contributed by atoms with Gasteiger partial charge in [0.2, 0.25) is 0 Å². The van der Waals surface area contributed by atoms with Gasteiger partial charge in [-0.1, -0.05) is 133 Å². The van der Waals surface area contributed by atoms with E-state index in [4.69, 9.17) is 4.74 Å². The zero-order chi connectivity index (χ0) is 42.2. The summed E-state index contributed by atoms with van der Waals surface area (Å²) in [4.78, 5) is 30.8. The molecule has 1 aliphatic rings. The maximum absolute atomic E-state index is 15.3. The number of thioether (sulfide) groups is 1. The molecule has 0 spiro atoms. The van der Waals surface area contributed by atoms with Gasteiger partial charge >= 0.3 is 6.09 Å². The van der Waals surface area contributed by atoms with Crippen LogP contribution >= 0.6 is 11.8 Å². The van der Waals surface area contributed by atoms with Gasteiger partial charge in [-0.15, -0.1) is 11.8 Å². The Kier molecular flexibility index (Phi) is 13.4. The quantitative estimate of drug-likeness (QED) is 0.0832. The van der Waals surface area contributed by atoms with Crippen molar-refractivity contribution in [2.45, 2.75) is 61.3 Å². The molecule has 1 atom stereocenters. The topological polar surface area (TPSA) is 105 Å². The third kappa shape index (κ3) is 9.78. The van der Waals surface area contributed by atoms with Crippen LogP contribution in [0.1, 0.15) is 66.2 Å². The second-order valence-electron chi connectivity index (χ2n) is 16.1. The van der Waals surface area contributed by atoms with Gasteiger partial charge in [0.05, 0.1) is 21.0 Å². The highest BCUT2D eigenvalue weighted by Gasteiger charge is 2.37. The summed E-state index contributed by atoms with van der Waals surface area (Å²) < 4.78 is 32.0. The van der Waals surface area contributed by atoms with Crippen molar-refractivity contribution in [3.8, 4) is 0 Å². The molecule has 6 aromatic carbocycles. The Morgan fingerprint density at radius 1 is 0.783 bits per heavy atom. The van der Waals surface area contributed by atoms with E-state index in [0.717, 1.165) is 22.1 Å². The van der Waals surface area contributed by atoms with Gasteiger partial charge in [-0.3, -0.25) is 10.1 Å². The van der Waals surface area contributed by atoms with Crippen LogP contribution in [0.4, 0.5) is 10.5 Å². The zero-order valence-electron chi connectivity index (χ0n) is 34.5. The van der Waals surface area contributed by atoms with Crippen molar-refractivity contribution < 1.29 is 22.7 Å². The molecular weight excluding hydrogens is 787 g/mol. The van der Waals surface area contributed by atoms with Crippen LogP contribution in [0.2, 0.25) is 0 Å². The number of piperazine rings is 1. The predicted octanol–water partition coefficient (Wildman–Crippen LogP) is 10.1. The summed E-state index contributed by atoms with van der Waals surface area (Å²) in [7, 11) is -3.57. The Hall–Kier alpha value is -5.42. The first-order valence-corrected chi connectivity index (χ1v) is 23.2. The molecule has 0 aromatic heterocycles. The summed E-state index contributed by atoms with van der Waals surface area (Å²) in [5.74, 6) is 0.445. The molecule has 2 N–H and O–H groups in total. The Labute approximate surface area is 358 Å². The number of ether oxygens (including phenoxy) is 1. The highest BCUT2D eigenvalue weighted by atomic mass is 32.2. The first kappa shape index (κ1) is 42.7. The van der Waals surface area contributed by atoms with Crippen molar-refractivity contribution in [3.05, 3.63) is 179 Å². The lowest BCUT2D eigenvalue weighted by Gasteiger charge is -2.37. The summed E-state index contributed by atoms with van der Waals surface area (Å²) in [5, 5.41) is 8.01. The average molecular weight is 840 g/mol. The number of hydrogen-bond donors (Lipinski definition) is 2. The molecule has 10 heteroatoms. The van der Waals surface area contributed by atoms with Crippen molar-refractivity contribution in [2.24, 2.45) is 0 Å². The largest absolute Gasteiger partial charge is 0.444 e. The normalized spacial score (nSPS) is 14.8. The second-order valence-corrected chi connectivity index (χ2v) is 19.6. The van der Waals surface area contributed by atoms with Gasteiger partial charge in [0.1, 0.15) is 5.60 Å². The number of amides is 2. The number of anilines is 1. The molecule has 6 aromatic rings. The lowest BCUT2D eigenvalue weighted by molar-refractivity contribution is 0.0621. The van der Waals surface area contributed by atoms with Crippen molar-refractivity contribution in [1.82, 2.24) is 10.2 Å². The molecule has 1 heterocycles. The van der Waals surface area contributed by atoms with Crippen molar-refractivity contribution in [1.29, 1.82) is 0 Å². The highest BCUT2D eigenvalue weighted by Crippen LogP contribution is 2.49. The van der Waals surface area contributed by atoms with E-state index in [1.54, 1.807) is 30.3 Å². The first-order chi connectivity index (χ1) is 29.0. The molecule has 8 nitrogen and oxygen atoms in total. The lowest BCUT2D eigenvalue weighted by Crippen LogP contribution is -2.54. The Morgan fingerprint density at radius 3 is 1.92 bits per heavy atom. The standard InChI is InChI=1S/C50H53N3O5S2/c1-49(2,3)58-48(55)52-45-35-37-19-16-17-28-43(37)46(47(54)53-32-31-51-36-41(53)30-34-60(56,57)42-26-14-7-15-27-42)44(45)29-18-33-59-50(38-20-8-4-9-21-38,39-22-10-5-11-23-39)40-24-12-6-13-25-40/h4-17,19-28,35,41,51H,18,29-34,36H2,1-3H3,(H,52,55)/t41-/m0/s1.